The molecule has 0 unspecified atom stereocenters. The second kappa shape index (κ2) is 6.69. The number of hydrogen-bond donors (Lipinski definition) is 2. The first-order valence-corrected chi connectivity index (χ1v) is 8.14. The van der Waals surface area contributed by atoms with Crippen molar-refractivity contribution in [2.45, 2.75) is 13.8 Å². The molecule has 2 aromatic carbocycles. The van der Waals surface area contributed by atoms with E-state index in [0.717, 1.165) is 22.0 Å². The summed E-state index contributed by atoms with van der Waals surface area (Å²) in [4.78, 5) is 16.0. The third-order valence-corrected chi connectivity index (χ3v) is 4.46. The van der Waals surface area contributed by atoms with Gasteiger partial charge in [-0.15, -0.1) is 0 Å². The van der Waals surface area contributed by atoms with Crippen LogP contribution in [0, 0.1) is 13.8 Å². The molecule has 0 spiro atoms. The molecule has 3 aromatic rings. The Labute approximate surface area is 150 Å². The molecule has 25 heavy (non-hydrogen) atoms. The predicted molar refractivity (Wildman–Crippen MR) is 100 cm³/mol. The number of benzene rings is 2. The Kier molecular flexibility index (Phi) is 4.59. The van der Waals surface area contributed by atoms with Crippen LogP contribution in [-0.4, -0.2) is 25.1 Å². The van der Waals surface area contributed by atoms with E-state index in [-0.39, 0.29) is 5.91 Å². The summed E-state index contributed by atoms with van der Waals surface area (Å²) in [6.45, 7) is 3.93. The molecule has 1 heterocycles. The number of fused-ring (bicyclic) bond motifs is 1. The van der Waals surface area contributed by atoms with Crippen molar-refractivity contribution in [2.75, 3.05) is 19.5 Å². The summed E-state index contributed by atoms with van der Waals surface area (Å²) in [7, 11) is 3.04. The second-order valence-electron chi connectivity index (χ2n) is 5.82. The van der Waals surface area contributed by atoms with Crippen molar-refractivity contribution in [1.82, 2.24) is 4.98 Å². The fraction of sp³-hybridized carbons (Fsp3) is 0.211. The van der Waals surface area contributed by atoms with Gasteiger partial charge in [0.15, 0.2) is 0 Å². The Bertz CT molecular complexity index is 963. The molecule has 3 rings (SSSR count). The van der Waals surface area contributed by atoms with E-state index >= 15 is 0 Å². The fourth-order valence-corrected chi connectivity index (χ4v) is 3.05. The van der Waals surface area contributed by atoms with E-state index in [4.69, 9.17) is 21.1 Å². The highest BCUT2D eigenvalue weighted by atomic mass is 35.5. The van der Waals surface area contributed by atoms with Gasteiger partial charge in [-0.05, 0) is 31.0 Å². The van der Waals surface area contributed by atoms with Crippen molar-refractivity contribution in [3.8, 4) is 11.5 Å². The summed E-state index contributed by atoms with van der Waals surface area (Å²) in [5.41, 5.74) is 3.96. The van der Waals surface area contributed by atoms with Gasteiger partial charge in [0.1, 0.15) is 17.2 Å². The van der Waals surface area contributed by atoms with Crippen LogP contribution in [0.1, 0.15) is 21.6 Å². The van der Waals surface area contributed by atoms with E-state index in [0.29, 0.717) is 27.9 Å². The Balaban J connectivity index is 1.99. The van der Waals surface area contributed by atoms with Crippen molar-refractivity contribution in [2.24, 2.45) is 0 Å². The summed E-state index contributed by atoms with van der Waals surface area (Å²) < 4.78 is 10.5. The van der Waals surface area contributed by atoms with Crippen molar-refractivity contribution in [3.63, 3.8) is 0 Å². The number of carbonyl (C=O) groups excluding carboxylic acids is 1. The maximum absolute atomic E-state index is 12.8. The lowest BCUT2D eigenvalue weighted by Crippen LogP contribution is -2.14. The van der Waals surface area contributed by atoms with Gasteiger partial charge in [-0.1, -0.05) is 23.7 Å². The zero-order valence-electron chi connectivity index (χ0n) is 14.5. The number of aromatic nitrogens is 1. The van der Waals surface area contributed by atoms with Gasteiger partial charge in [0.25, 0.3) is 5.91 Å². The molecular formula is C19H19ClN2O3. The van der Waals surface area contributed by atoms with Gasteiger partial charge in [0, 0.05) is 23.0 Å². The first-order valence-electron chi connectivity index (χ1n) is 7.76. The van der Waals surface area contributed by atoms with Crippen LogP contribution in [0.5, 0.6) is 11.5 Å². The van der Waals surface area contributed by atoms with E-state index < -0.39 is 0 Å². The number of rotatable bonds is 4. The Hall–Kier alpha value is -2.66. The summed E-state index contributed by atoms with van der Waals surface area (Å²) in [5.74, 6) is 0.666. The average molecular weight is 359 g/mol. The number of aromatic amines is 1. The summed E-state index contributed by atoms with van der Waals surface area (Å²) in [6, 6.07) is 9.31. The van der Waals surface area contributed by atoms with Crippen LogP contribution in [0.2, 0.25) is 5.02 Å². The lowest BCUT2D eigenvalue weighted by atomic mass is 10.1. The molecule has 0 saturated carbocycles. The Morgan fingerprint density at radius 2 is 1.80 bits per heavy atom. The van der Waals surface area contributed by atoms with Crippen molar-refractivity contribution < 1.29 is 14.3 Å². The molecule has 2 N–H and O–H groups in total. The largest absolute Gasteiger partial charge is 0.495 e. The molecule has 5 nitrogen and oxygen atoms in total. The minimum Gasteiger partial charge on any atom is -0.495 e. The summed E-state index contributed by atoms with van der Waals surface area (Å²) in [5, 5.41) is 4.30. The number of aryl methyl sites for hydroxylation is 2. The molecule has 0 aliphatic rings. The summed E-state index contributed by atoms with van der Waals surface area (Å²) in [6.07, 6.45) is 0. The van der Waals surface area contributed by atoms with Crippen molar-refractivity contribution >= 4 is 34.1 Å². The van der Waals surface area contributed by atoms with Crippen LogP contribution >= 0.6 is 11.6 Å². The molecule has 0 fully saturated rings. The topological polar surface area (TPSA) is 63.3 Å². The SMILES string of the molecule is COc1cc(NC(=O)c2[nH]c3cc(C)ccc3c2C)c(OC)cc1Cl. The number of H-pyrrole nitrogens is 1. The number of methoxy groups -OCH3 is 2. The molecule has 0 aliphatic heterocycles. The standard InChI is InChI=1S/C19H19ClN2O3/c1-10-5-6-12-11(2)18(21-14(12)7-10)19(23)22-15-9-16(24-3)13(20)8-17(15)25-4/h5-9,21H,1-4H3,(H,22,23). The third kappa shape index (κ3) is 3.15. The molecule has 1 aromatic heterocycles. The first kappa shape index (κ1) is 17.2. The van der Waals surface area contributed by atoms with Crippen LogP contribution in [-0.2, 0) is 0 Å². The smallest absolute Gasteiger partial charge is 0.272 e. The van der Waals surface area contributed by atoms with Gasteiger partial charge < -0.3 is 19.8 Å². The van der Waals surface area contributed by atoms with E-state index in [2.05, 4.69) is 10.3 Å². The molecule has 0 saturated heterocycles. The van der Waals surface area contributed by atoms with Crippen LogP contribution in [0.15, 0.2) is 30.3 Å². The van der Waals surface area contributed by atoms with Crippen LogP contribution in [0.4, 0.5) is 5.69 Å². The molecule has 0 atom stereocenters. The molecule has 130 valence electrons. The number of ether oxygens (including phenoxy) is 2. The van der Waals surface area contributed by atoms with Crippen molar-refractivity contribution in [1.29, 1.82) is 0 Å². The Morgan fingerprint density at radius 3 is 2.48 bits per heavy atom. The number of halogens is 1. The van der Waals surface area contributed by atoms with Gasteiger partial charge in [-0.25, -0.2) is 0 Å². The molecule has 6 heteroatoms. The average Bonchev–Trinajstić information content (AvgIpc) is 2.92. The zero-order valence-corrected chi connectivity index (χ0v) is 15.2. The van der Waals surface area contributed by atoms with Crippen molar-refractivity contribution in [3.05, 3.63) is 52.2 Å². The third-order valence-electron chi connectivity index (χ3n) is 4.16. The highest BCUT2D eigenvalue weighted by Gasteiger charge is 2.18. The summed E-state index contributed by atoms with van der Waals surface area (Å²) >= 11 is 6.10. The predicted octanol–water partition coefficient (Wildman–Crippen LogP) is 4.71. The maximum atomic E-state index is 12.8. The second-order valence-corrected chi connectivity index (χ2v) is 6.22. The molecule has 0 aliphatic carbocycles. The van der Waals surface area contributed by atoms with Gasteiger partial charge in [0.2, 0.25) is 0 Å². The quantitative estimate of drug-likeness (QED) is 0.710. The van der Waals surface area contributed by atoms with E-state index in [1.165, 1.54) is 14.2 Å². The molecule has 1 amide bonds. The van der Waals surface area contributed by atoms with Gasteiger partial charge in [-0.3, -0.25) is 4.79 Å². The van der Waals surface area contributed by atoms with E-state index in [9.17, 15) is 4.79 Å². The Morgan fingerprint density at radius 1 is 1.08 bits per heavy atom. The normalized spacial score (nSPS) is 10.8. The number of carbonyl (C=O) groups is 1. The van der Waals surface area contributed by atoms with E-state index in [1.54, 1.807) is 12.1 Å². The molecule has 0 radical (unpaired) electrons. The van der Waals surface area contributed by atoms with Crippen LogP contribution < -0.4 is 14.8 Å². The first-order chi connectivity index (χ1) is 11.9. The maximum Gasteiger partial charge on any atom is 0.272 e. The van der Waals surface area contributed by atoms with Gasteiger partial charge in [-0.2, -0.15) is 0 Å². The van der Waals surface area contributed by atoms with E-state index in [1.807, 2.05) is 32.0 Å². The minimum absolute atomic E-state index is 0.256. The highest BCUT2D eigenvalue weighted by Crippen LogP contribution is 2.36. The lowest BCUT2D eigenvalue weighted by molar-refractivity contribution is 0.102. The highest BCUT2D eigenvalue weighted by molar-refractivity contribution is 6.32. The monoisotopic (exact) mass is 358 g/mol. The minimum atomic E-state index is -0.256. The van der Waals surface area contributed by atoms with Gasteiger partial charge in [0.05, 0.1) is 24.9 Å². The van der Waals surface area contributed by atoms with Crippen LogP contribution in [0.3, 0.4) is 0 Å². The number of hydrogen-bond acceptors (Lipinski definition) is 3. The zero-order chi connectivity index (χ0) is 18.1. The van der Waals surface area contributed by atoms with Gasteiger partial charge >= 0.3 is 0 Å². The van der Waals surface area contributed by atoms with Crippen LogP contribution in [0.25, 0.3) is 10.9 Å². The molecular weight excluding hydrogens is 340 g/mol. The lowest BCUT2D eigenvalue weighted by Gasteiger charge is -2.13. The number of amides is 1. The fourth-order valence-electron chi connectivity index (χ4n) is 2.82. The molecule has 0 bridgehead atoms. The number of nitrogens with one attached hydrogen (secondary N) is 2. The number of anilines is 1.